The van der Waals surface area contributed by atoms with E-state index in [1.54, 1.807) is 0 Å². The van der Waals surface area contributed by atoms with Gasteiger partial charge in [0, 0.05) is 5.92 Å². The van der Waals surface area contributed by atoms with Gasteiger partial charge in [-0.05, 0) is 30.3 Å². The smallest absolute Gasteiger partial charge is 0.192 e. The molecule has 4 heteroatoms. The van der Waals surface area contributed by atoms with Crippen LogP contribution >= 0.6 is 0 Å². The van der Waals surface area contributed by atoms with Crippen LogP contribution in [0.25, 0.3) is 0 Å². The van der Waals surface area contributed by atoms with Crippen LogP contribution in [0.3, 0.4) is 0 Å². The molecule has 5 aliphatic rings. The summed E-state index contributed by atoms with van der Waals surface area (Å²) in [4.78, 5) is 0. The summed E-state index contributed by atoms with van der Waals surface area (Å²) in [5, 5.41) is 0. The number of ether oxygens (including phenoxy) is 4. The van der Waals surface area contributed by atoms with Gasteiger partial charge in [0.1, 0.15) is 12.2 Å². The molecule has 3 aliphatic carbocycles. The van der Waals surface area contributed by atoms with E-state index in [1.165, 1.54) is 6.42 Å². The number of allylic oxidation sites excluding steroid dienone is 3. The Balaban J connectivity index is 1.38. The second-order valence-electron chi connectivity index (χ2n) is 6.66. The van der Waals surface area contributed by atoms with Gasteiger partial charge in [-0.25, -0.2) is 0 Å². The molecule has 0 amide bonds. The number of epoxide rings is 2. The van der Waals surface area contributed by atoms with Gasteiger partial charge in [0.2, 0.25) is 0 Å². The van der Waals surface area contributed by atoms with Crippen molar-refractivity contribution >= 4 is 0 Å². The summed E-state index contributed by atoms with van der Waals surface area (Å²) in [6.07, 6.45) is 11.0. The highest BCUT2D eigenvalue weighted by molar-refractivity contribution is 5.27. The molecule has 5 rings (SSSR count). The van der Waals surface area contributed by atoms with Gasteiger partial charge in [-0.15, -0.1) is 0 Å². The maximum Gasteiger partial charge on any atom is 0.192 e. The Kier molecular flexibility index (Phi) is 2.48. The third kappa shape index (κ3) is 1.82. The van der Waals surface area contributed by atoms with Crippen molar-refractivity contribution in [3.8, 4) is 0 Å². The first-order valence-electron chi connectivity index (χ1n) is 7.73. The zero-order valence-electron chi connectivity index (χ0n) is 11.4. The Labute approximate surface area is 118 Å². The Morgan fingerprint density at radius 1 is 0.950 bits per heavy atom. The summed E-state index contributed by atoms with van der Waals surface area (Å²) >= 11 is 0. The molecule has 0 N–H and O–H groups in total. The highest BCUT2D eigenvalue weighted by atomic mass is 16.7. The summed E-state index contributed by atoms with van der Waals surface area (Å²) in [5.41, 5.74) is 0. The summed E-state index contributed by atoms with van der Waals surface area (Å²) in [5.74, 6) is 1.76. The first-order chi connectivity index (χ1) is 9.84. The van der Waals surface area contributed by atoms with Crippen LogP contribution in [0.5, 0.6) is 0 Å². The maximum atomic E-state index is 6.24. The molecule has 0 radical (unpaired) electrons. The molecule has 2 heterocycles. The molecule has 6 atom stereocenters. The summed E-state index contributed by atoms with van der Waals surface area (Å²) in [6, 6.07) is 0. The normalized spacial score (nSPS) is 53.6. The SMILES string of the molecule is C1=CC2CC1C1C=CC(OCC3CO3)(OCC3CO3)C21. The van der Waals surface area contributed by atoms with Crippen LogP contribution in [-0.4, -0.2) is 44.4 Å². The van der Waals surface area contributed by atoms with Crippen molar-refractivity contribution < 1.29 is 18.9 Å². The molecule has 0 aromatic rings. The van der Waals surface area contributed by atoms with Crippen LogP contribution in [0, 0.1) is 23.7 Å². The molecule has 108 valence electrons. The Morgan fingerprint density at radius 3 is 2.25 bits per heavy atom. The van der Waals surface area contributed by atoms with Crippen molar-refractivity contribution in [3.05, 3.63) is 24.3 Å². The van der Waals surface area contributed by atoms with Crippen molar-refractivity contribution in [1.29, 1.82) is 0 Å². The van der Waals surface area contributed by atoms with Gasteiger partial charge in [-0.2, -0.15) is 0 Å². The highest BCUT2D eigenvalue weighted by Gasteiger charge is 2.58. The van der Waals surface area contributed by atoms with Crippen molar-refractivity contribution in [2.75, 3.05) is 26.4 Å². The third-order valence-electron chi connectivity index (χ3n) is 5.33. The van der Waals surface area contributed by atoms with Gasteiger partial charge >= 0.3 is 0 Å². The van der Waals surface area contributed by atoms with E-state index < -0.39 is 5.79 Å². The zero-order valence-corrected chi connectivity index (χ0v) is 11.4. The second-order valence-corrected chi connectivity index (χ2v) is 6.66. The Bertz CT molecular complexity index is 447. The lowest BCUT2D eigenvalue weighted by molar-refractivity contribution is -0.241. The van der Waals surface area contributed by atoms with E-state index in [0.29, 0.717) is 36.9 Å². The molecule has 0 aromatic carbocycles. The van der Waals surface area contributed by atoms with Gasteiger partial charge in [-0.1, -0.05) is 18.2 Å². The summed E-state index contributed by atoms with van der Waals surface area (Å²) < 4.78 is 23.0. The molecular formula is C16H20O4. The highest BCUT2D eigenvalue weighted by Crippen LogP contribution is 2.57. The molecule has 0 spiro atoms. The van der Waals surface area contributed by atoms with Crippen molar-refractivity contribution in [1.82, 2.24) is 0 Å². The lowest BCUT2D eigenvalue weighted by Gasteiger charge is -2.37. The molecule has 20 heavy (non-hydrogen) atoms. The van der Waals surface area contributed by atoms with Gasteiger partial charge in [0.25, 0.3) is 0 Å². The van der Waals surface area contributed by atoms with Gasteiger partial charge in [-0.3, -0.25) is 0 Å². The number of fused-ring (bicyclic) bond motifs is 5. The largest absolute Gasteiger partial charge is 0.371 e. The fraction of sp³-hybridized carbons (Fsp3) is 0.750. The molecular weight excluding hydrogens is 256 g/mol. The van der Waals surface area contributed by atoms with E-state index in [9.17, 15) is 0 Å². The molecule has 2 bridgehead atoms. The standard InChI is InChI=1S/C16H20O4/c1-2-11-5-10(1)14-3-4-16(15(11)14,19-8-12-6-17-12)20-9-13-7-18-13/h1-4,10-15H,5-9H2. The van der Waals surface area contributed by atoms with Crippen LogP contribution < -0.4 is 0 Å². The molecule has 0 aromatic heterocycles. The van der Waals surface area contributed by atoms with Crippen LogP contribution in [0.4, 0.5) is 0 Å². The van der Waals surface area contributed by atoms with Crippen LogP contribution in [0.1, 0.15) is 6.42 Å². The predicted molar refractivity (Wildman–Crippen MR) is 71.0 cm³/mol. The van der Waals surface area contributed by atoms with E-state index in [-0.39, 0.29) is 12.2 Å². The molecule has 4 nitrogen and oxygen atoms in total. The molecule has 2 saturated heterocycles. The quantitative estimate of drug-likeness (QED) is 0.419. The van der Waals surface area contributed by atoms with E-state index >= 15 is 0 Å². The van der Waals surface area contributed by atoms with Crippen LogP contribution in [0.15, 0.2) is 24.3 Å². The molecule has 3 fully saturated rings. The van der Waals surface area contributed by atoms with E-state index in [4.69, 9.17) is 18.9 Å². The minimum absolute atomic E-state index is 0.272. The lowest BCUT2D eigenvalue weighted by Crippen LogP contribution is -2.45. The second kappa shape index (κ2) is 4.17. The van der Waals surface area contributed by atoms with Crippen molar-refractivity contribution in [3.63, 3.8) is 0 Å². The first kappa shape index (κ1) is 11.9. The summed E-state index contributed by atoms with van der Waals surface area (Å²) in [6.45, 7) is 2.93. The predicted octanol–water partition coefficient (Wildman–Crippen LogP) is 1.52. The van der Waals surface area contributed by atoms with Crippen LogP contribution in [0.2, 0.25) is 0 Å². The van der Waals surface area contributed by atoms with Crippen molar-refractivity contribution in [2.24, 2.45) is 23.7 Å². The monoisotopic (exact) mass is 276 g/mol. The Morgan fingerprint density at radius 2 is 1.60 bits per heavy atom. The fourth-order valence-corrected chi connectivity index (χ4v) is 4.15. The zero-order chi connectivity index (χ0) is 13.2. The van der Waals surface area contributed by atoms with E-state index in [2.05, 4.69) is 24.3 Å². The van der Waals surface area contributed by atoms with Gasteiger partial charge in [0.05, 0.1) is 26.4 Å². The fourth-order valence-electron chi connectivity index (χ4n) is 4.15. The minimum atomic E-state index is -0.549. The number of rotatable bonds is 6. The lowest BCUT2D eigenvalue weighted by atomic mass is 9.82. The topological polar surface area (TPSA) is 43.5 Å². The van der Waals surface area contributed by atoms with Crippen molar-refractivity contribution in [2.45, 2.75) is 24.4 Å². The molecule has 6 unspecified atom stereocenters. The number of hydrogen-bond donors (Lipinski definition) is 0. The Hall–Kier alpha value is -0.680. The molecule has 1 saturated carbocycles. The average Bonchev–Trinajstić information content (AvgIpc) is 3.36. The first-order valence-corrected chi connectivity index (χ1v) is 7.73. The van der Waals surface area contributed by atoms with Crippen LogP contribution in [-0.2, 0) is 18.9 Å². The van der Waals surface area contributed by atoms with E-state index in [0.717, 1.165) is 13.2 Å². The summed E-state index contributed by atoms with van der Waals surface area (Å²) in [7, 11) is 0. The number of hydrogen-bond acceptors (Lipinski definition) is 4. The van der Waals surface area contributed by atoms with E-state index in [1.807, 2.05) is 0 Å². The minimum Gasteiger partial charge on any atom is -0.371 e. The third-order valence-corrected chi connectivity index (χ3v) is 5.33. The maximum absolute atomic E-state index is 6.24. The average molecular weight is 276 g/mol. The van der Waals surface area contributed by atoms with Gasteiger partial charge in [0.15, 0.2) is 5.79 Å². The van der Waals surface area contributed by atoms with Gasteiger partial charge < -0.3 is 18.9 Å². The molecule has 2 aliphatic heterocycles.